The number of sulfone groups is 2. The van der Waals surface area contributed by atoms with E-state index in [1.807, 2.05) is 0 Å². The van der Waals surface area contributed by atoms with E-state index in [-0.39, 0.29) is 11.5 Å². The number of methoxy groups -OCH3 is 2. The van der Waals surface area contributed by atoms with Gasteiger partial charge in [-0.05, 0) is 66.6 Å². The molecule has 6 rings (SSSR count). The number of halogens is 2. The van der Waals surface area contributed by atoms with Gasteiger partial charge in [0.15, 0.2) is 19.7 Å². The predicted octanol–water partition coefficient (Wildman–Crippen LogP) is 6.26. The van der Waals surface area contributed by atoms with E-state index in [1.54, 1.807) is 55.5 Å². The fourth-order valence-corrected chi connectivity index (χ4v) is 6.84. The maximum absolute atomic E-state index is 13.4. The summed E-state index contributed by atoms with van der Waals surface area (Å²) >= 11 is 0. The maximum Gasteiger partial charge on any atom is 0.151 e. The van der Waals surface area contributed by atoms with Crippen LogP contribution in [-0.2, 0) is 31.2 Å². The van der Waals surface area contributed by atoms with Crippen LogP contribution < -0.4 is 20.1 Å². The van der Waals surface area contributed by atoms with Crippen molar-refractivity contribution in [2.45, 2.75) is 18.4 Å². The summed E-state index contributed by atoms with van der Waals surface area (Å²) < 4.78 is 83.3. The lowest BCUT2D eigenvalue weighted by molar-refractivity contribution is 0.412. The summed E-state index contributed by atoms with van der Waals surface area (Å²) in [4.78, 5) is 25.3. The Kier molecular flexibility index (Phi) is 12.6. The van der Waals surface area contributed by atoms with E-state index in [0.29, 0.717) is 74.1 Å². The number of nitrogens with zero attached hydrogens (tertiary/aromatic N) is 6. The zero-order valence-corrected chi connectivity index (χ0v) is 31.9. The van der Waals surface area contributed by atoms with Crippen LogP contribution in [0.25, 0.3) is 22.5 Å². The van der Waals surface area contributed by atoms with Crippen molar-refractivity contribution in [3.8, 4) is 34.0 Å². The summed E-state index contributed by atoms with van der Waals surface area (Å²) in [5.41, 5.74) is 4.23. The fourth-order valence-electron chi connectivity index (χ4n) is 5.29. The minimum Gasteiger partial charge on any atom is -0.496 e. The Morgan fingerprint density at radius 3 is 1.56 bits per heavy atom. The molecule has 0 fully saturated rings. The highest BCUT2D eigenvalue weighted by Crippen LogP contribution is 2.32. The number of nitrogens with one attached hydrogen (secondary N) is 2. The molecule has 0 aliphatic carbocycles. The van der Waals surface area contributed by atoms with Crippen molar-refractivity contribution in [3.05, 3.63) is 120 Å². The van der Waals surface area contributed by atoms with Crippen molar-refractivity contribution >= 4 is 42.9 Å². The van der Waals surface area contributed by atoms with Gasteiger partial charge in [-0.2, -0.15) is 0 Å². The Labute approximate surface area is 317 Å². The Balaban J connectivity index is 0.000000211. The fraction of sp³-hybridized carbons (Fsp3) is 0.189. The summed E-state index contributed by atoms with van der Waals surface area (Å²) in [7, 11) is -3.40. The molecule has 286 valence electrons. The third-order valence-corrected chi connectivity index (χ3v) is 9.14. The van der Waals surface area contributed by atoms with Crippen LogP contribution in [-0.4, -0.2) is 73.5 Å². The molecule has 14 nitrogen and oxygen atoms in total. The van der Waals surface area contributed by atoms with E-state index < -0.39 is 31.3 Å². The number of hydrogen-bond acceptors (Lipinski definition) is 14. The monoisotopic (exact) mass is 790 g/mol. The van der Waals surface area contributed by atoms with Crippen LogP contribution in [0.15, 0.2) is 91.6 Å². The van der Waals surface area contributed by atoms with Gasteiger partial charge in [-0.1, -0.05) is 0 Å². The lowest BCUT2D eigenvalue weighted by Crippen LogP contribution is -2.04. The number of ether oxygens (including phenoxy) is 2. The van der Waals surface area contributed by atoms with Crippen molar-refractivity contribution in [2.24, 2.45) is 0 Å². The molecule has 55 heavy (non-hydrogen) atoms. The van der Waals surface area contributed by atoms with Crippen LogP contribution in [0.3, 0.4) is 0 Å². The first-order chi connectivity index (χ1) is 26.1. The lowest BCUT2D eigenvalue weighted by Gasteiger charge is -2.11. The average molecular weight is 791 g/mol. The Morgan fingerprint density at radius 2 is 1.05 bits per heavy atom. The standard InChI is InChI=1S/C19H19FN4O3S.C18H17FN4O3S/c1-12-6-13(10-28(3,25)26)7-19(23-12)24-18-9-16(21-11-22-18)15-5-4-14(20)8-17(15)27-2;1-26-16-8-13(19)3-4-14(16)15-9-18(22-11-21-15)23-17-7-12(5-6-20-17)10-27(2,24)25/h4-9,11H,10H2,1-3H3,(H,21,22,23,24);3-9,11H,10H2,1-2H3,(H,20,21,22,23). The zero-order chi connectivity index (χ0) is 39.8. The molecular formula is C37H36F2N8O6S2. The van der Waals surface area contributed by atoms with Crippen molar-refractivity contribution in [3.63, 3.8) is 0 Å². The molecule has 0 unspecified atom stereocenters. The van der Waals surface area contributed by atoms with E-state index >= 15 is 0 Å². The minimum absolute atomic E-state index is 0.0765. The average Bonchev–Trinajstić information content (AvgIpc) is 3.10. The molecule has 18 heteroatoms. The summed E-state index contributed by atoms with van der Waals surface area (Å²) in [6.45, 7) is 1.78. The second-order valence-corrected chi connectivity index (χ2v) is 16.5. The molecule has 0 saturated heterocycles. The molecule has 0 aliphatic heterocycles. The van der Waals surface area contributed by atoms with Gasteiger partial charge in [0.05, 0.1) is 37.1 Å². The minimum atomic E-state index is -3.16. The normalized spacial score (nSPS) is 11.3. The van der Waals surface area contributed by atoms with Crippen LogP contribution in [0, 0.1) is 18.6 Å². The van der Waals surface area contributed by atoms with Crippen LogP contribution in [0.1, 0.15) is 16.8 Å². The van der Waals surface area contributed by atoms with Gasteiger partial charge in [0.25, 0.3) is 0 Å². The molecule has 6 aromatic rings. The molecular weight excluding hydrogens is 755 g/mol. The first-order valence-electron chi connectivity index (χ1n) is 16.2. The van der Waals surface area contributed by atoms with Gasteiger partial charge in [0, 0.05) is 59.8 Å². The topological polar surface area (TPSA) is 188 Å². The van der Waals surface area contributed by atoms with Crippen molar-refractivity contribution in [1.82, 2.24) is 29.9 Å². The van der Waals surface area contributed by atoms with Gasteiger partial charge in [-0.25, -0.2) is 55.5 Å². The van der Waals surface area contributed by atoms with Gasteiger partial charge in [0.1, 0.15) is 59.1 Å². The second-order valence-electron chi connectivity index (χ2n) is 12.2. The summed E-state index contributed by atoms with van der Waals surface area (Å²) in [5, 5.41) is 6.08. The number of anilines is 4. The van der Waals surface area contributed by atoms with E-state index in [1.165, 1.54) is 69.8 Å². The molecule has 2 N–H and O–H groups in total. The van der Waals surface area contributed by atoms with Gasteiger partial charge in [-0.3, -0.25) is 0 Å². The predicted molar refractivity (Wildman–Crippen MR) is 205 cm³/mol. The highest BCUT2D eigenvalue weighted by Gasteiger charge is 2.13. The zero-order valence-electron chi connectivity index (χ0n) is 30.3. The van der Waals surface area contributed by atoms with Gasteiger partial charge >= 0.3 is 0 Å². The van der Waals surface area contributed by atoms with Crippen molar-refractivity contribution in [2.75, 3.05) is 37.4 Å². The molecule has 4 heterocycles. The van der Waals surface area contributed by atoms with Crippen molar-refractivity contribution < 1.29 is 35.1 Å². The van der Waals surface area contributed by atoms with E-state index in [4.69, 9.17) is 9.47 Å². The third-order valence-electron chi connectivity index (χ3n) is 7.42. The van der Waals surface area contributed by atoms with Crippen LogP contribution in [0.5, 0.6) is 11.5 Å². The number of aryl methyl sites for hydroxylation is 1. The molecule has 0 spiro atoms. The second kappa shape index (κ2) is 17.3. The molecule has 0 bridgehead atoms. The lowest BCUT2D eigenvalue weighted by atomic mass is 10.1. The van der Waals surface area contributed by atoms with Crippen molar-refractivity contribution in [1.29, 1.82) is 0 Å². The SMILES string of the molecule is COc1cc(F)ccc1-c1cc(Nc2cc(CS(C)(=O)=O)cc(C)n2)ncn1.COc1cc(F)ccc1-c1cc(Nc2cc(CS(C)(=O)=O)ccn2)ncn1. The van der Waals surface area contributed by atoms with Gasteiger partial charge < -0.3 is 20.1 Å². The van der Waals surface area contributed by atoms with E-state index in [9.17, 15) is 25.6 Å². The largest absolute Gasteiger partial charge is 0.496 e. The molecule has 4 aromatic heterocycles. The molecule has 0 atom stereocenters. The maximum atomic E-state index is 13.4. The number of rotatable bonds is 12. The highest BCUT2D eigenvalue weighted by atomic mass is 32.2. The Bertz CT molecular complexity index is 2540. The van der Waals surface area contributed by atoms with Crippen LogP contribution in [0.4, 0.5) is 32.1 Å². The first kappa shape index (κ1) is 40.1. The first-order valence-corrected chi connectivity index (χ1v) is 20.3. The summed E-state index contributed by atoms with van der Waals surface area (Å²) in [6.07, 6.45) is 6.61. The number of aromatic nitrogens is 6. The number of benzene rings is 2. The third kappa shape index (κ3) is 11.9. The summed E-state index contributed by atoms with van der Waals surface area (Å²) in [6, 6.07) is 18.4. The van der Waals surface area contributed by atoms with Gasteiger partial charge in [0.2, 0.25) is 0 Å². The van der Waals surface area contributed by atoms with Crippen LogP contribution >= 0.6 is 0 Å². The van der Waals surface area contributed by atoms with E-state index in [2.05, 4.69) is 40.5 Å². The molecule has 0 aliphatic rings. The number of pyridine rings is 2. The highest BCUT2D eigenvalue weighted by molar-refractivity contribution is 7.90. The molecule has 2 aromatic carbocycles. The molecule has 0 saturated carbocycles. The quantitative estimate of drug-likeness (QED) is 0.141. The van der Waals surface area contributed by atoms with E-state index in [0.717, 1.165) is 0 Å². The molecule has 0 amide bonds. The van der Waals surface area contributed by atoms with Crippen LogP contribution in [0.2, 0.25) is 0 Å². The Hall–Kier alpha value is -6.14. The Morgan fingerprint density at radius 1 is 0.582 bits per heavy atom. The van der Waals surface area contributed by atoms with Gasteiger partial charge in [-0.15, -0.1) is 0 Å². The molecule has 0 radical (unpaired) electrons. The summed E-state index contributed by atoms with van der Waals surface area (Å²) in [5.74, 6) is 1.57. The number of hydrogen-bond donors (Lipinski definition) is 2. The smallest absolute Gasteiger partial charge is 0.151 e.